The van der Waals surface area contributed by atoms with Crippen LogP contribution < -0.4 is 5.32 Å². The van der Waals surface area contributed by atoms with Crippen LogP contribution in [0.3, 0.4) is 0 Å². The van der Waals surface area contributed by atoms with Gasteiger partial charge >= 0.3 is 0 Å². The smallest absolute Gasteiger partial charge is 0.117 e. The largest absolute Gasteiger partial charge is 0.327 e. The zero-order valence-electron chi connectivity index (χ0n) is 12.2. The van der Waals surface area contributed by atoms with E-state index >= 15 is 0 Å². The molecule has 20 heavy (non-hydrogen) atoms. The molecule has 4 heteroatoms. The van der Waals surface area contributed by atoms with Crippen LogP contribution in [0, 0.1) is 0 Å². The van der Waals surface area contributed by atoms with Crippen molar-refractivity contribution in [1.29, 1.82) is 0 Å². The Bertz CT molecular complexity index is 611. The van der Waals surface area contributed by atoms with Crippen molar-refractivity contribution in [3.05, 3.63) is 29.0 Å². The second-order valence-corrected chi connectivity index (χ2v) is 6.15. The Balaban J connectivity index is 2.22. The first-order valence-electron chi connectivity index (χ1n) is 7.58. The van der Waals surface area contributed by atoms with Gasteiger partial charge in [0.05, 0.1) is 16.1 Å². The molecule has 1 fully saturated rings. The summed E-state index contributed by atoms with van der Waals surface area (Å²) in [7, 11) is 0. The highest BCUT2D eigenvalue weighted by Gasteiger charge is 2.39. The minimum absolute atomic E-state index is 0.174. The molecule has 0 amide bonds. The highest BCUT2D eigenvalue weighted by Crippen LogP contribution is 2.37. The maximum atomic E-state index is 6.41. The van der Waals surface area contributed by atoms with Crippen molar-refractivity contribution in [3.63, 3.8) is 0 Å². The number of nitrogens with one attached hydrogen (secondary N) is 1. The van der Waals surface area contributed by atoms with E-state index < -0.39 is 0 Å². The lowest BCUT2D eigenvalue weighted by Gasteiger charge is -2.28. The number of imidazole rings is 1. The Labute approximate surface area is 125 Å². The molecule has 1 N–H and O–H groups in total. The van der Waals surface area contributed by atoms with Crippen LogP contribution >= 0.6 is 11.6 Å². The number of halogens is 1. The molecule has 0 saturated carbocycles. The second kappa shape index (κ2) is 5.38. The lowest BCUT2D eigenvalue weighted by Crippen LogP contribution is -2.32. The summed E-state index contributed by atoms with van der Waals surface area (Å²) in [5.41, 5.74) is 2.29. The molecule has 0 spiro atoms. The van der Waals surface area contributed by atoms with Gasteiger partial charge in [-0.25, -0.2) is 4.98 Å². The van der Waals surface area contributed by atoms with E-state index in [1.165, 1.54) is 25.1 Å². The number of benzene rings is 1. The van der Waals surface area contributed by atoms with Gasteiger partial charge in [0, 0.05) is 18.5 Å². The van der Waals surface area contributed by atoms with E-state index in [1.807, 2.05) is 12.1 Å². The van der Waals surface area contributed by atoms with Crippen molar-refractivity contribution in [2.75, 3.05) is 13.1 Å². The summed E-state index contributed by atoms with van der Waals surface area (Å²) in [6.45, 7) is 7.46. The standard InChI is InChI=1S/C16H22ClN3/c1-3-8-16(9-10-18-11-16)15-19-13-7-5-6-12(17)14(13)20(15)4-2/h5-7,18H,3-4,8-11H2,1-2H3. The van der Waals surface area contributed by atoms with Gasteiger partial charge in [-0.2, -0.15) is 0 Å². The highest BCUT2D eigenvalue weighted by atomic mass is 35.5. The first-order valence-corrected chi connectivity index (χ1v) is 7.95. The van der Waals surface area contributed by atoms with Crippen molar-refractivity contribution >= 4 is 22.6 Å². The van der Waals surface area contributed by atoms with E-state index in [2.05, 4.69) is 29.8 Å². The van der Waals surface area contributed by atoms with Crippen LogP contribution in [-0.2, 0) is 12.0 Å². The van der Waals surface area contributed by atoms with Crippen molar-refractivity contribution < 1.29 is 0 Å². The monoisotopic (exact) mass is 291 g/mol. The molecular weight excluding hydrogens is 270 g/mol. The fourth-order valence-electron chi connectivity index (χ4n) is 3.59. The van der Waals surface area contributed by atoms with Gasteiger partial charge in [0.1, 0.15) is 5.82 Å². The van der Waals surface area contributed by atoms with Gasteiger partial charge in [0.2, 0.25) is 0 Å². The summed E-state index contributed by atoms with van der Waals surface area (Å²) in [6, 6.07) is 6.01. The maximum Gasteiger partial charge on any atom is 0.117 e. The van der Waals surface area contributed by atoms with Crippen molar-refractivity contribution in [2.24, 2.45) is 0 Å². The number of hydrogen-bond donors (Lipinski definition) is 1. The molecule has 1 aliphatic rings. The van der Waals surface area contributed by atoms with Crippen molar-refractivity contribution in [1.82, 2.24) is 14.9 Å². The number of rotatable bonds is 4. The Hall–Kier alpha value is -1.06. The molecule has 3 nitrogen and oxygen atoms in total. The summed E-state index contributed by atoms with van der Waals surface area (Å²) in [6.07, 6.45) is 3.53. The molecule has 0 radical (unpaired) electrons. The van der Waals surface area contributed by atoms with Crippen LogP contribution in [0.25, 0.3) is 11.0 Å². The van der Waals surface area contributed by atoms with Crippen LogP contribution in [0.4, 0.5) is 0 Å². The summed E-state index contributed by atoms with van der Waals surface area (Å²) >= 11 is 6.41. The SMILES string of the molecule is CCCC1(c2nc3cccc(Cl)c3n2CC)CCNC1. The Morgan fingerprint density at radius 3 is 2.90 bits per heavy atom. The molecule has 0 bridgehead atoms. The molecule has 1 atom stereocenters. The third-order valence-corrected chi connectivity index (χ3v) is 4.79. The number of nitrogens with zero attached hydrogens (tertiary/aromatic N) is 2. The first-order chi connectivity index (χ1) is 9.72. The zero-order valence-corrected chi connectivity index (χ0v) is 13.0. The first kappa shape index (κ1) is 13.9. The van der Waals surface area contributed by atoms with Gasteiger partial charge in [-0.3, -0.25) is 0 Å². The lowest BCUT2D eigenvalue weighted by molar-refractivity contribution is 0.387. The molecule has 108 valence electrons. The number of para-hydroxylation sites is 1. The van der Waals surface area contributed by atoms with E-state index in [0.29, 0.717) is 0 Å². The van der Waals surface area contributed by atoms with Crippen molar-refractivity contribution in [3.8, 4) is 0 Å². The minimum atomic E-state index is 0.174. The van der Waals surface area contributed by atoms with Gasteiger partial charge in [0.15, 0.2) is 0 Å². The molecule has 3 rings (SSSR count). The van der Waals surface area contributed by atoms with Gasteiger partial charge in [-0.15, -0.1) is 0 Å². The molecule has 2 heterocycles. The Morgan fingerprint density at radius 2 is 2.25 bits per heavy atom. The molecule has 1 saturated heterocycles. The Morgan fingerprint density at radius 1 is 1.40 bits per heavy atom. The van der Waals surface area contributed by atoms with Gasteiger partial charge in [-0.1, -0.05) is 31.0 Å². The molecule has 2 aromatic rings. The van der Waals surface area contributed by atoms with Crippen LogP contribution in [-0.4, -0.2) is 22.6 Å². The van der Waals surface area contributed by atoms with Crippen LogP contribution in [0.1, 0.15) is 38.9 Å². The molecule has 1 aromatic carbocycles. The summed E-state index contributed by atoms with van der Waals surface area (Å²) in [5, 5.41) is 4.33. The van der Waals surface area contributed by atoms with Crippen LogP contribution in [0.5, 0.6) is 0 Å². The molecule has 1 unspecified atom stereocenters. The van der Waals surface area contributed by atoms with Crippen molar-refractivity contribution in [2.45, 2.75) is 45.1 Å². The van der Waals surface area contributed by atoms with Gasteiger partial charge in [-0.05, 0) is 38.4 Å². The Kier molecular flexibility index (Phi) is 3.74. The number of fused-ring (bicyclic) bond motifs is 1. The van der Waals surface area contributed by atoms with E-state index in [9.17, 15) is 0 Å². The van der Waals surface area contributed by atoms with E-state index in [4.69, 9.17) is 16.6 Å². The topological polar surface area (TPSA) is 29.9 Å². The number of aromatic nitrogens is 2. The number of aryl methyl sites for hydroxylation is 1. The number of hydrogen-bond acceptors (Lipinski definition) is 2. The highest BCUT2D eigenvalue weighted by molar-refractivity contribution is 6.35. The molecule has 1 aromatic heterocycles. The van der Waals surface area contributed by atoms with Gasteiger partial charge < -0.3 is 9.88 Å². The van der Waals surface area contributed by atoms with Crippen LogP contribution in [0.2, 0.25) is 5.02 Å². The molecular formula is C16H22ClN3. The normalized spacial score (nSPS) is 22.8. The predicted octanol–water partition coefficient (Wildman–Crippen LogP) is 3.74. The average Bonchev–Trinajstić information content (AvgIpc) is 3.04. The third-order valence-electron chi connectivity index (χ3n) is 4.48. The summed E-state index contributed by atoms with van der Waals surface area (Å²) < 4.78 is 2.32. The zero-order chi connectivity index (χ0) is 14.2. The summed E-state index contributed by atoms with van der Waals surface area (Å²) in [5.74, 6) is 1.22. The van der Waals surface area contributed by atoms with E-state index in [0.717, 1.165) is 35.7 Å². The van der Waals surface area contributed by atoms with Gasteiger partial charge in [0.25, 0.3) is 0 Å². The molecule has 0 aliphatic carbocycles. The fourth-order valence-corrected chi connectivity index (χ4v) is 3.86. The summed E-state index contributed by atoms with van der Waals surface area (Å²) in [4.78, 5) is 4.96. The second-order valence-electron chi connectivity index (χ2n) is 5.74. The lowest BCUT2D eigenvalue weighted by atomic mass is 9.81. The minimum Gasteiger partial charge on any atom is -0.327 e. The maximum absolute atomic E-state index is 6.41. The average molecular weight is 292 g/mol. The fraction of sp³-hybridized carbons (Fsp3) is 0.562. The third kappa shape index (κ3) is 2.04. The van der Waals surface area contributed by atoms with Crippen LogP contribution in [0.15, 0.2) is 18.2 Å². The van der Waals surface area contributed by atoms with E-state index in [-0.39, 0.29) is 5.41 Å². The van der Waals surface area contributed by atoms with E-state index in [1.54, 1.807) is 0 Å². The molecule has 1 aliphatic heterocycles. The predicted molar refractivity (Wildman–Crippen MR) is 84.5 cm³/mol. The quantitative estimate of drug-likeness (QED) is 0.930.